The number of piperidine rings is 2. The van der Waals surface area contributed by atoms with E-state index in [0.717, 1.165) is 103 Å². The van der Waals surface area contributed by atoms with Crippen molar-refractivity contribution in [1.82, 2.24) is 35.0 Å². The molecule has 2 aromatic heterocycles. The Morgan fingerprint density at radius 1 is 0.845 bits per heavy atom. The minimum atomic E-state index is -0.235. The molecular formula is C45H49N9O4. The summed E-state index contributed by atoms with van der Waals surface area (Å²) in [5.41, 5.74) is 8.70. The number of piperazine rings is 1. The maximum atomic E-state index is 13.5. The molecule has 3 aromatic carbocycles. The average molecular weight is 780 g/mol. The Kier molecular flexibility index (Phi) is 10.7. The SMILES string of the molecule is Cc1c(-c2ccc3cnc(Nc4ccc(C(=O)N5CCN(CCN6CCC(c7ccc(C8CCC(=O)NC8=O)cc7)CC6)CC5)cc4)nc3c2)cnc2c1NCCO2. The lowest BCUT2D eigenvalue weighted by Crippen LogP contribution is -2.50. The first kappa shape index (κ1) is 37.6. The van der Waals surface area contributed by atoms with Crippen LogP contribution in [0, 0.1) is 6.92 Å². The van der Waals surface area contributed by atoms with Crippen molar-refractivity contribution < 1.29 is 19.1 Å². The summed E-state index contributed by atoms with van der Waals surface area (Å²) >= 11 is 0. The van der Waals surface area contributed by atoms with E-state index < -0.39 is 0 Å². The molecule has 0 aliphatic carbocycles. The van der Waals surface area contributed by atoms with Gasteiger partial charge in [-0.3, -0.25) is 24.6 Å². The molecule has 4 aliphatic heterocycles. The first-order chi connectivity index (χ1) is 28.3. The molecule has 1 unspecified atom stereocenters. The summed E-state index contributed by atoms with van der Waals surface area (Å²) in [5.74, 6) is 1.11. The van der Waals surface area contributed by atoms with E-state index in [9.17, 15) is 14.4 Å². The van der Waals surface area contributed by atoms with Crippen molar-refractivity contribution in [2.24, 2.45) is 0 Å². The molecular weight excluding hydrogens is 731 g/mol. The van der Waals surface area contributed by atoms with Gasteiger partial charge in [-0.25, -0.2) is 15.0 Å². The Hall–Kier alpha value is -5.92. The number of anilines is 3. The second kappa shape index (κ2) is 16.5. The number of carbonyl (C=O) groups excluding carboxylic acids is 3. The molecule has 5 aromatic rings. The van der Waals surface area contributed by atoms with Crippen molar-refractivity contribution in [3.63, 3.8) is 0 Å². The normalized spacial score (nSPS) is 19.3. The number of carbonyl (C=O) groups is 3. The Bertz CT molecular complexity index is 2320. The van der Waals surface area contributed by atoms with E-state index in [1.807, 2.05) is 47.6 Å². The van der Waals surface area contributed by atoms with Gasteiger partial charge in [-0.1, -0.05) is 36.4 Å². The number of benzene rings is 3. The van der Waals surface area contributed by atoms with Crippen LogP contribution in [0.2, 0.25) is 0 Å². The smallest absolute Gasteiger partial charge is 0.253 e. The summed E-state index contributed by atoms with van der Waals surface area (Å²) < 4.78 is 5.71. The summed E-state index contributed by atoms with van der Waals surface area (Å²) in [4.78, 5) is 58.1. The van der Waals surface area contributed by atoms with Gasteiger partial charge in [0.1, 0.15) is 12.3 Å². The van der Waals surface area contributed by atoms with Crippen molar-refractivity contribution in [3.8, 4) is 17.0 Å². The average Bonchev–Trinajstić information content (AvgIpc) is 3.26. The number of rotatable bonds is 9. The van der Waals surface area contributed by atoms with Gasteiger partial charge in [0.05, 0.1) is 11.4 Å². The lowest BCUT2D eigenvalue weighted by Gasteiger charge is -2.37. The number of nitrogens with zero attached hydrogens (tertiary/aromatic N) is 6. The molecule has 3 N–H and O–H groups in total. The molecule has 0 bridgehead atoms. The van der Waals surface area contributed by atoms with Crippen LogP contribution in [-0.2, 0) is 9.59 Å². The molecule has 4 aliphatic rings. The van der Waals surface area contributed by atoms with E-state index in [-0.39, 0.29) is 23.6 Å². The van der Waals surface area contributed by atoms with E-state index >= 15 is 0 Å². The lowest BCUT2D eigenvalue weighted by atomic mass is 9.86. The number of hydrogen-bond donors (Lipinski definition) is 3. The van der Waals surface area contributed by atoms with Gasteiger partial charge in [0, 0.05) is 86.8 Å². The first-order valence-electron chi connectivity index (χ1n) is 20.5. The number of amides is 3. The maximum absolute atomic E-state index is 13.5. The van der Waals surface area contributed by atoms with Crippen molar-refractivity contribution in [1.29, 1.82) is 0 Å². The van der Waals surface area contributed by atoms with Crippen LogP contribution in [0.3, 0.4) is 0 Å². The van der Waals surface area contributed by atoms with Crippen molar-refractivity contribution in [2.45, 2.75) is 44.4 Å². The second-order valence-corrected chi connectivity index (χ2v) is 15.8. The van der Waals surface area contributed by atoms with Crippen molar-refractivity contribution in [2.75, 3.05) is 76.1 Å². The van der Waals surface area contributed by atoms with Crippen LogP contribution >= 0.6 is 0 Å². The Morgan fingerprint density at radius 3 is 2.34 bits per heavy atom. The number of nitrogens with one attached hydrogen (secondary N) is 3. The van der Waals surface area contributed by atoms with Gasteiger partial charge in [0.25, 0.3) is 5.91 Å². The Balaban J connectivity index is 0.726. The first-order valence-corrected chi connectivity index (χ1v) is 20.5. The maximum Gasteiger partial charge on any atom is 0.253 e. The molecule has 13 nitrogen and oxygen atoms in total. The highest BCUT2D eigenvalue weighted by Crippen LogP contribution is 2.36. The molecule has 1 atom stereocenters. The molecule has 0 spiro atoms. The van der Waals surface area contributed by atoms with Crippen molar-refractivity contribution >= 4 is 45.9 Å². The fourth-order valence-electron chi connectivity index (χ4n) is 8.73. The van der Waals surface area contributed by atoms with Crippen LogP contribution in [0.5, 0.6) is 5.88 Å². The number of ether oxygens (including phenoxy) is 1. The molecule has 0 saturated carbocycles. The summed E-state index contributed by atoms with van der Waals surface area (Å²) in [6.45, 7) is 10.8. The molecule has 0 radical (unpaired) electrons. The topological polar surface area (TPSA) is 145 Å². The van der Waals surface area contributed by atoms with E-state index in [0.29, 0.717) is 55.8 Å². The van der Waals surface area contributed by atoms with E-state index in [1.165, 1.54) is 5.56 Å². The van der Waals surface area contributed by atoms with Gasteiger partial charge in [0.15, 0.2) is 0 Å². The van der Waals surface area contributed by atoms with Crippen LogP contribution in [0.1, 0.15) is 64.6 Å². The standard InChI is InChI=1S/C45H49N9O4/c1-29-38(28-47-43-41(29)46-16-25-58-43)34-6-7-35-27-48-45(50-39(35)26-34)49-36-10-8-33(9-11-36)44(57)54-23-21-53(22-24-54)20-19-52-17-14-31(15-18-52)30-2-4-32(5-3-30)37-12-13-40(55)51-42(37)56/h2-11,26-28,31,37,46H,12-25H2,1H3,(H,48,49,50)(H,51,55,56). The third-order valence-corrected chi connectivity index (χ3v) is 12.3. The summed E-state index contributed by atoms with van der Waals surface area (Å²) in [6, 6.07) is 22.2. The lowest BCUT2D eigenvalue weighted by molar-refractivity contribution is -0.134. The minimum Gasteiger partial charge on any atom is -0.474 e. The molecule has 298 valence electrons. The van der Waals surface area contributed by atoms with Crippen molar-refractivity contribution in [3.05, 3.63) is 101 Å². The summed E-state index contributed by atoms with van der Waals surface area (Å²) in [6.07, 6.45) is 6.89. The second-order valence-electron chi connectivity index (χ2n) is 15.8. The quantitative estimate of drug-likeness (QED) is 0.158. The molecule has 6 heterocycles. The Labute approximate surface area is 338 Å². The van der Waals surface area contributed by atoms with E-state index in [2.05, 4.69) is 79.0 Å². The predicted molar refractivity (Wildman–Crippen MR) is 224 cm³/mol. The molecule has 9 rings (SSSR count). The number of hydrogen-bond acceptors (Lipinski definition) is 11. The van der Waals surface area contributed by atoms with E-state index in [1.54, 1.807) is 0 Å². The molecule has 3 amide bonds. The largest absolute Gasteiger partial charge is 0.474 e. The number of pyridine rings is 1. The zero-order valence-electron chi connectivity index (χ0n) is 32.9. The van der Waals surface area contributed by atoms with Gasteiger partial charge < -0.3 is 25.2 Å². The van der Waals surface area contributed by atoms with Crippen LogP contribution in [0.15, 0.2) is 79.1 Å². The minimum absolute atomic E-state index is 0.0571. The monoisotopic (exact) mass is 779 g/mol. The summed E-state index contributed by atoms with van der Waals surface area (Å²) in [5, 5.41) is 10.1. The van der Waals surface area contributed by atoms with Gasteiger partial charge in [-0.05, 0) is 97.8 Å². The van der Waals surface area contributed by atoms with Crippen LogP contribution in [-0.4, -0.2) is 113 Å². The van der Waals surface area contributed by atoms with E-state index in [4.69, 9.17) is 9.72 Å². The zero-order chi connectivity index (χ0) is 39.6. The molecule has 13 heteroatoms. The zero-order valence-corrected chi connectivity index (χ0v) is 32.9. The molecule has 58 heavy (non-hydrogen) atoms. The highest BCUT2D eigenvalue weighted by atomic mass is 16.5. The summed E-state index contributed by atoms with van der Waals surface area (Å²) in [7, 11) is 0. The van der Waals surface area contributed by atoms with Crippen LogP contribution in [0.4, 0.5) is 17.3 Å². The van der Waals surface area contributed by atoms with Crippen LogP contribution in [0.25, 0.3) is 22.0 Å². The van der Waals surface area contributed by atoms with Gasteiger partial charge in [0.2, 0.25) is 23.6 Å². The highest BCUT2D eigenvalue weighted by molar-refractivity contribution is 6.01. The number of fused-ring (bicyclic) bond motifs is 2. The van der Waals surface area contributed by atoms with Gasteiger partial charge >= 0.3 is 0 Å². The predicted octanol–water partition coefficient (Wildman–Crippen LogP) is 5.71. The Morgan fingerprint density at radius 2 is 1.59 bits per heavy atom. The van der Waals surface area contributed by atoms with Gasteiger partial charge in [-0.15, -0.1) is 0 Å². The fraction of sp³-hybridized carbons (Fsp3) is 0.378. The fourth-order valence-corrected chi connectivity index (χ4v) is 8.73. The molecule has 3 fully saturated rings. The number of likely N-dealkylation sites (tertiary alicyclic amines) is 1. The van der Waals surface area contributed by atoms with Crippen LogP contribution < -0.4 is 20.7 Å². The third-order valence-electron chi connectivity index (χ3n) is 12.3. The van der Waals surface area contributed by atoms with Gasteiger partial charge in [-0.2, -0.15) is 0 Å². The third kappa shape index (κ3) is 8.09. The molecule has 3 saturated heterocycles. The highest BCUT2D eigenvalue weighted by Gasteiger charge is 2.29. The number of imide groups is 1. The number of aromatic nitrogens is 3.